The van der Waals surface area contributed by atoms with Gasteiger partial charge < -0.3 is 4.90 Å². The number of hydrogen-bond donors (Lipinski definition) is 1. The normalized spacial score (nSPS) is 19.0. The summed E-state index contributed by atoms with van der Waals surface area (Å²) in [5.41, 5.74) is 0. The van der Waals surface area contributed by atoms with Gasteiger partial charge in [-0.2, -0.15) is 12.1 Å². The van der Waals surface area contributed by atoms with Gasteiger partial charge in [-0.25, -0.2) is 0 Å². The van der Waals surface area contributed by atoms with Crippen molar-refractivity contribution in [2.75, 3.05) is 31.2 Å². The molecule has 0 amide bonds. The van der Waals surface area contributed by atoms with Crippen LogP contribution >= 0.6 is 0 Å². The second-order valence-corrected chi connectivity index (χ2v) is 3.46. The zero-order chi connectivity index (χ0) is 9.10. The predicted octanol–water partition coefficient (Wildman–Crippen LogP) is -1.40. The fourth-order valence-electron chi connectivity index (χ4n) is 1.62. The topological polar surface area (TPSA) is 11.6 Å². The van der Waals surface area contributed by atoms with Crippen LogP contribution in [0, 0.1) is 7.05 Å². The van der Waals surface area contributed by atoms with Crippen LogP contribution in [-0.4, -0.2) is 26.2 Å². The van der Waals surface area contributed by atoms with Gasteiger partial charge in [0.25, 0.3) is 0 Å². The minimum atomic E-state index is 1.09. The Morgan fingerprint density at radius 2 is 1.69 bits per heavy atom. The molecule has 0 bridgehead atoms. The van der Waals surface area contributed by atoms with E-state index < -0.39 is 0 Å². The lowest BCUT2D eigenvalue weighted by atomic mass is 10.4. The zero-order valence-corrected chi connectivity index (χ0v) is 7.82. The van der Waals surface area contributed by atoms with Gasteiger partial charge in [-0.1, -0.05) is 10.7 Å². The molecule has 1 aliphatic rings. The number of pyridine rings is 1. The first kappa shape index (κ1) is 8.51. The maximum Gasteiger partial charge on any atom is 0.199 e. The van der Waals surface area contributed by atoms with E-state index in [4.69, 9.17) is 0 Å². The molecule has 1 aromatic heterocycles. The molecule has 0 saturated carbocycles. The number of quaternary nitrogens is 1. The summed E-state index contributed by atoms with van der Waals surface area (Å²) in [6, 6.07) is 6.16. The smallest absolute Gasteiger partial charge is 0.199 e. The van der Waals surface area contributed by atoms with Crippen LogP contribution in [0.4, 0.5) is 0 Å². The molecular weight excluding hydrogens is 162 g/mol. The van der Waals surface area contributed by atoms with Gasteiger partial charge in [0.1, 0.15) is 13.1 Å². The number of piperazine rings is 1. The molecule has 0 aromatic carbocycles. The molecule has 0 unspecified atom stereocenters. The molecular formula is C10H16N3+. The van der Waals surface area contributed by atoms with Crippen LogP contribution in [0.5, 0.6) is 0 Å². The molecule has 1 N–H and O–H groups in total. The van der Waals surface area contributed by atoms with Crippen LogP contribution in [0.25, 0.3) is 0 Å². The molecule has 0 atom stereocenters. The summed E-state index contributed by atoms with van der Waals surface area (Å²) in [5.74, 6) is 0. The summed E-state index contributed by atoms with van der Waals surface area (Å²) < 4.78 is 2.16. The van der Waals surface area contributed by atoms with Gasteiger partial charge >= 0.3 is 0 Å². The molecule has 3 nitrogen and oxygen atoms in total. The van der Waals surface area contributed by atoms with Crippen molar-refractivity contribution in [3.8, 4) is 0 Å². The Kier molecular flexibility index (Phi) is 2.45. The van der Waals surface area contributed by atoms with Crippen LogP contribution in [0.15, 0.2) is 30.6 Å². The van der Waals surface area contributed by atoms with Gasteiger partial charge in [0, 0.05) is 12.1 Å². The van der Waals surface area contributed by atoms with E-state index in [0.29, 0.717) is 0 Å². The lowest BCUT2D eigenvalue weighted by Gasteiger charge is -2.30. The summed E-state index contributed by atoms with van der Waals surface area (Å²) in [7, 11) is 4.01. The van der Waals surface area contributed by atoms with Gasteiger partial charge in [-0.05, 0) is 0 Å². The number of rotatable bonds is 1. The van der Waals surface area contributed by atoms with Crippen molar-refractivity contribution < 1.29 is 9.58 Å². The van der Waals surface area contributed by atoms with E-state index in [0.717, 1.165) is 26.2 Å². The minimum Gasteiger partial charge on any atom is -0.465 e. The molecule has 13 heavy (non-hydrogen) atoms. The van der Waals surface area contributed by atoms with Crippen LogP contribution in [-0.2, 0) is 0 Å². The maximum absolute atomic E-state index is 4.01. The third-order valence-electron chi connectivity index (χ3n) is 2.47. The Balaban J connectivity index is 2.03. The summed E-state index contributed by atoms with van der Waals surface area (Å²) >= 11 is 0. The third-order valence-corrected chi connectivity index (χ3v) is 2.47. The quantitative estimate of drug-likeness (QED) is 0.412. The van der Waals surface area contributed by atoms with E-state index in [9.17, 15) is 0 Å². The second-order valence-electron chi connectivity index (χ2n) is 3.46. The second kappa shape index (κ2) is 3.75. The van der Waals surface area contributed by atoms with Crippen molar-refractivity contribution >= 4 is 0 Å². The fourth-order valence-corrected chi connectivity index (χ4v) is 1.62. The first-order chi connectivity index (χ1) is 6.36. The molecule has 0 aliphatic carbocycles. The predicted molar refractivity (Wildman–Crippen MR) is 50.6 cm³/mol. The van der Waals surface area contributed by atoms with E-state index in [1.807, 2.05) is 6.07 Å². The molecule has 0 radical (unpaired) electrons. The molecule has 1 aromatic rings. The summed E-state index contributed by atoms with van der Waals surface area (Å²) in [5, 5.41) is 2.34. The maximum atomic E-state index is 4.01. The Hall–Kier alpha value is -1.09. The highest BCUT2D eigenvalue weighted by Crippen LogP contribution is 1.82. The Labute approximate surface area is 79.2 Å². The monoisotopic (exact) mass is 178 g/mol. The summed E-state index contributed by atoms with van der Waals surface area (Å²) in [4.78, 5) is 1.38. The van der Waals surface area contributed by atoms with Crippen molar-refractivity contribution in [1.82, 2.24) is 0 Å². The Bertz CT molecular complexity index is 252. The average molecular weight is 178 g/mol. The SMILES string of the molecule is [CH2-][NH+]1CCN([n+]2ccccc2)CC1. The Morgan fingerprint density at radius 1 is 1.08 bits per heavy atom. The van der Waals surface area contributed by atoms with Crippen LogP contribution in [0.2, 0.25) is 0 Å². The third kappa shape index (κ3) is 1.98. The van der Waals surface area contributed by atoms with Crippen molar-refractivity contribution in [3.63, 3.8) is 0 Å². The van der Waals surface area contributed by atoms with Gasteiger partial charge in [0.05, 0.1) is 13.1 Å². The van der Waals surface area contributed by atoms with Crippen molar-refractivity contribution in [1.29, 1.82) is 0 Å². The van der Waals surface area contributed by atoms with E-state index in [1.54, 1.807) is 0 Å². The zero-order valence-electron chi connectivity index (χ0n) is 7.82. The highest BCUT2D eigenvalue weighted by Gasteiger charge is 2.18. The van der Waals surface area contributed by atoms with E-state index in [1.165, 1.54) is 4.90 Å². The first-order valence-corrected chi connectivity index (χ1v) is 4.74. The lowest BCUT2D eigenvalue weighted by Crippen LogP contribution is -3.10. The largest absolute Gasteiger partial charge is 0.465 e. The molecule has 70 valence electrons. The molecule has 1 fully saturated rings. The van der Waals surface area contributed by atoms with Crippen LogP contribution in [0.1, 0.15) is 0 Å². The van der Waals surface area contributed by atoms with Gasteiger partial charge in [0.2, 0.25) is 0 Å². The molecule has 0 spiro atoms. The standard InChI is InChI=1S/C10H16N3/c1-11-7-9-13(10-8-11)12-5-3-2-4-6-12/h2-6,11H,1,7-10H2/q+1. The fraction of sp³-hybridized carbons (Fsp3) is 0.400. The number of nitrogens with one attached hydrogen (secondary N) is 1. The van der Waals surface area contributed by atoms with E-state index in [-0.39, 0.29) is 0 Å². The molecule has 3 heteroatoms. The van der Waals surface area contributed by atoms with Crippen molar-refractivity contribution in [2.24, 2.45) is 0 Å². The van der Waals surface area contributed by atoms with Gasteiger partial charge in [-0.3, -0.25) is 0 Å². The first-order valence-electron chi connectivity index (χ1n) is 4.74. The summed E-state index contributed by atoms with van der Waals surface area (Å²) in [6.45, 7) is 4.44. The lowest BCUT2D eigenvalue weighted by molar-refractivity contribution is -0.864. The van der Waals surface area contributed by atoms with Crippen LogP contribution < -0.4 is 14.6 Å². The molecule has 1 saturated heterocycles. The molecule has 2 heterocycles. The number of nitrogens with zero attached hydrogens (tertiary/aromatic N) is 2. The van der Waals surface area contributed by atoms with E-state index >= 15 is 0 Å². The minimum absolute atomic E-state index is 1.09. The van der Waals surface area contributed by atoms with Crippen molar-refractivity contribution in [3.05, 3.63) is 37.6 Å². The highest BCUT2D eigenvalue weighted by molar-refractivity contribution is 4.85. The van der Waals surface area contributed by atoms with Crippen molar-refractivity contribution in [2.45, 2.75) is 0 Å². The molecule has 2 rings (SSSR count). The molecule has 1 aliphatic heterocycles. The van der Waals surface area contributed by atoms with Crippen LogP contribution in [0.3, 0.4) is 0 Å². The average Bonchev–Trinajstić information content (AvgIpc) is 2.20. The highest BCUT2D eigenvalue weighted by atomic mass is 15.6. The van der Waals surface area contributed by atoms with Gasteiger partial charge in [0.15, 0.2) is 12.4 Å². The summed E-state index contributed by atoms with van der Waals surface area (Å²) in [6.07, 6.45) is 4.18. The number of hydrogen-bond acceptors (Lipinski definition) is 1. The number of aromatic nitrogens is 1. The van der Waals surface area contributed by atoms with E-state index in [2.05, 4.69) is 41.3 Å². The van der Waals surface area contributed by atoms with Gasteiger partial charge in [-0.15, -0.1) is 0 Å². The Morgan fingerprint density at radius 3 is 2.31 bits per heavy atom.